The highest BCUT2D eigenvalue weighted by Crippen LogP contribution is 2.31. The molecule has 1 aliphatic rings. The Balaban J connectivity index is 0.000000371. The summed E-state index contributed by atoms with van der Waals surface area (Å²) in [6.07, 6.45) is 2.91. The molecule has 1 aliphatic heterocycles. The molecule has 0 aromatic carbocycles. The second kappa shape index (κ2) is 6.09. The highest BCUT2D eigenvalue weighted by atomic mass is 32.2. The Morgan fingerprint density at radius 2 is 1.90 bits per heavy atom. The lowest BCUT2D eigenvalue weighted by atomic mass is 10.1. The van der Waals surface area contributed by atoms with Gasteiger partial charge in [-0.25, -0.2) is 0 Å². The molecule has 0 aromatic rings. The molecule has 0 aliphatic carbocycles. The van der Waals surface area contributed by atoms with Gasteiger partial charge in [-0.05, 0) is 24.5 Å². The number of hydrogen-bond donors (Lipinski definition) is 0. The molecule has 0 aromatic heterocycles. The van der Waals surface area contributed by atoms with Gasteiger partial charge in [0, 0.05) is 5.25 Å². The molecule has 0 amide bonds. The van der Waals surface area contributed by atoms with Crippen LogP contribution in [-0.4, -0.2) is 11.0 Å². The van der Waals surface area contributed by atoms with E-state index in [0.29, 0.717) is 0 Å². The summed E-state index contributed by atoms with van der Waals surface area (Å²) in [5.74, 6) is 2.31. The third kappa shape index (κ3) is 3.50. The first kappa shape index (κ1) is 10.3. The van der Waals surface area contributed by atoms with Gasteiger partial charge in [-0.2, -0.15) is 11.8 Å². The largest absolute Gasteiger partial charge is 0.158 e. The normalized spacial score (nSPS) is 24.3. The minimum Gasteiger partial charge on any atom is -0.158 e. The lowest BCUT2D eigenvalue weighted by Crippen LogP contribution is -2.05. The van der Waals surface area contributed by atoms with Crippen molar-refractivity contribution in [1.29, 1.82) is 0 Å². The summed E-state index contributed by atoms with van der Waals surface area (Å²) in [7, 11) is 0. The third-order valence-corrected chi connectivity index (χ3v) is 3.44. The van der Waals surface area contributed by atoms with E-state index >= 15 is 0 Å². The summed E-state index contributed by atoms with van der Waals surface area (Å²) in [4.78, 5) is 0. The molecule has 0 saturated carbocycles. The molecule has 0 radical (unpaired) electrons. The van der Waals surface area contributed by atoms with Crippen LogP contribution in [0, 0.1) is 5.92 Å². The average Bonchev–Trinajstić information content (AvgIpc) is 2.42. The van der Waals surface area contributed by atoms with Crippen LogP contribution < -0.4 is 0 Å². The van der Waals surface area contributed by atoms with Crippen LogP contribution in [0.3, 0.4) is 0 Å². The Kier molecular flexibility index (Phi) is 6.30. The van der Waals surface area contributed by atoms with E-state index in [2.05, 4.69) is 25.6 Å². The van der Waals surface area contributed by atoms with Gasteiger partial charge in [0.1, 0.15) is 0 Å². The number of rotatable bonds is 1. The van der Waals surface area contributed by atoms with Gasteiger partial charge in [0.2, 0.25) is 0 Å². The fourth-order valence-electron chi connectivity index (χ4n) is 1.13. The van der Waals surface area contributed by atoms with Crippen LogP contribution in [0.25, 0.3) is 0 Å². The molecule has 10 heavy (non-hydrogen) atoms. The van der Waals surface area contributed by atoms with Crippen LogP contribution in [0.1, 0.15) is 40.5 Å². The maximum absolute atomic E-state index is 2.32. The van der Waals surface area contributed by atoms with E-state index in [1.54, 1.807) is 0 Å². The Hall–Kier alpha value is 0.350. The molecule has 1 heterocycles. The van der Waals surface area contributed by atoms with Crippen molar-refractivity contribution in [2.45, 2.75) is 45.8 Å². The SMILES string of the molecule is CC.CC(C)C1CCCS1. The van der Waals surface area contributed by atoms with Gasteiger partial charge in [0.25, 0.3) is 0 Å². The number of hydrogen-bond acceptors (Lipinski definition) is 1. The van der Waals surface area contributed by atoms with Crippen LogP contribution in [0.4, 0.5) is 0 Å². The topological polar surface area (TPSA) is 0 Å². The van der Waals surface area contributed by atoms with Crippen molar-refractivity contribution in [3.63, 3.8) is 0 Å². The summed E-state index contributed by atoms with van der Waals surface area (Å²) in [5, 5.41) is 0.981. The Bertz CT molecular complexity index is 63.1. The van der Waals surface area contributed by atoms with E-state index in [1.807, 2.05) is 13.8 Å². The zero-order valence-electron chi connectivity index (χ0n) is 7.68. The molecule has 62 valence electrons. The van der Waals surface area contributed by atoms with Gasteiger partial charge in [-0.3, -0.25) is 0 Å². The zero-order chi connectivity index (χ0) is 7.98. The summed E-state index contributed by atoms with van der Waals surface area (Å²) in [6, 6.07) is 0. The van der Waals surface area contributed by atoms with Crippen LogP contribution >= 0.6 is 11.8 Å². The molecule has 1 unspecified atom stereocenters. The molecule has 1 fully saturated rings. The highest BCUT2D eigenvalue weighted by Gasteiger charge is 2.17. The quantitative estimate of drug-likeness (QED) is 0.565. The third-order valence-electron chi connectivity index (χ3n) is 1.71. The van der Waals surface area contributed by atoms with Crippen LogP contribution in [0.5, 0.6) is 0 Å². The lowest BCUT2D eigenvalue weighted by molar-refractivity contribution is 0.587. The van der Waals surface area contributed by atoms with Gasteiger partial charge in [-0.1, -0.05) is 27.7 Å². The molecular weight excluding hydrogens is 140 g/mol. The first-order chi connectivity index (χ1) is 4.80. The molecule has 1 saturated heterocycles. The van der Waals surface area contributed by atoms with E-state index in [0.717, 1.165) is 11.2 Å². The molecule has 1 heteroatoms. The van der Waals surface area contributed by atoms with E-state index in [1.165, 1.54) is 18.6 Å². The fourth-order valence-corrected chi connectivity index (χ4v) is 2.48. The number of thioether (sulfide) groups is 1. The van der Waals surface area contributed by atoms with Crippen molar-refractivity contribution in [1.82, 2.24) is 0 Å². The van der Waals surface area contributed by atoms with Gasteiger partial charge in [-0.15, -0.1) is 0 Å². The summed E-state index contributed by atoms with van der Waals surface area (Å²) >= 11 is 2.15. The molecule has 1 atom stereocenters. The summed E-state index contributed by atoms with van der Waals surface area (Å²) in [5.41, 5.74) is 0. The molecule has 1 rings (SSSR count). The van der Waals surface area contributed by atoms with Crippen molar-refractivity contribution in [3.05, 3.63) is 0 Å². The van der Waals surface area contributed by atoms with Crippen molar-refractivity contribution >= 4 is 11.8 Å². The molecule has 0 N–H and O–H groups in total. The second-order valence-corrected chi connectivity index (χ2v) is 4.14. The fraction of sp³-hybridized carbons (Fsp3) is 1.00. The second-order valence-electron chi connectivity index (χ2n) is 2.80. The maximum Gasteiger partial charge on any atom is 0.00703 e. The van der Waals surface area contributed by atoms with E-state index in [9.17, 15) is 0 Å². The summed E-state index contributed by atoms with van der Waals surface area (Å²) in [6.45, 7) is 8.64. The molecule has 0 bridgehead atoms. The molecule has 0 nitrogen and oxygen atoms in total. The van der Waals surface area contributed by atoms with Crippen molar-refractivity contribution < 1.29 is 0 Å². The van der Waals surface area contributed by atoms with E-state index < -0.39 is 0 Å². The van der Waals surface area contributed by atoms with Crippen LogP contribution in [0.2, 0.25) is 0 Å². The average molecular weight is 160 g/mol. The minimum atomic E-state index is 0.905. The van der Waals surface area contributed by atoms with Crippen LogP contribution in [-0.2, 0) is 0 Å². The standard InChI is InChI=1S/C7H14S.C2H6/c1-6(2)7-4-3-5-8-7;1-2/h6-7H,3-5H2,1-2H3;1-2H3. The monoisotopic (exact) mass is 160 g/mol. The first-order valence-corrected chi connectivity index (χ1v) is 5.47. The maximum atomic E-state index is 2.32. The Morgan fingerprint density at radius 1 is 1.30 bits per heavy atom. The van der Waals surface area contributed by atoms with E-state index in [4.69, 9.17) is 0 Å². The van der Waals surface area contributed by atoms with Crippen molar-refractivity contribution in [2.24, 2.45) is 5.92 Å². The minimum absolute atomic E-state index is 0.905. The lowest BCUT2D eigenvalue weighted by Gasteiger charge is -2.10. The molecular formula is C9H20S. The van der Waals surface area contributed by atoms with E-state index in [-0.39, 0.29) is 0 Å². The Labute approximate surface area is 69.8 Å². The highest BCUT2D eigenvalue weighted by molar-refractivity contribution is 8.00. The smallest absolute Gasteiger partial charge is 0.00703 e. The predicted octanol–water partition coefficient (Wildman–Crippen LogP) is 3.56. The molecule has 0 spiro atoms. The summed E-state index contributed by atoms with van der Waals surface area (Å²) < 4.78 is 0. The van der Waals surface area contributed by atoms with Gasteiger partial charge in [0.05, 0.1) is 0 Å². The van der Waals surface area contributed by atoms with Gasteiger partial charge in [0.15, 0.2) is 0 Å². The zero-order valence-corrected chi connectivity index (χ0v) is 8.50. The van der Waals surface area contributed by atoms with Crippen molar-refractivity contribution in [3.8, 4) is 0 Å². The van der Waals surface area contributed by atoms with Crippen molar-refractivity contribution in [2.75, 3.05) is 5.75 Å². The van der Waals surface area contributed by atoms with Crippen LogP contribution in [0.15, 0.2) is 0 Å². The Morgan fingerprint density at radius 3 is 2.10 bits per heavy atom. The predicted molar refractivity (Wildman–Crippen MR) is 51.7 cm³/mol. The first-order valence-electron chi connectivity index (χ1n) is 4.42. The van der Waals surface area contributed by atoms with Gasteiger partial charge >= 0.3 is 0 Å². The van der Waals surface area contributed by atoms with Gasteiger partial charge < -0.3 is 0 Å².